The number of sulfone groups is 1. The first-order valence-corrected chi connectivity index (χ1v) is 7.93. The fourth-order valence-electron chi connectivity index (χ4n) is 2.42. The minimum atomic E-state index is -3.23. The molecule has 2 rings (SSSR count). The van der Waals surface area contributed by atoms with Crippen molar-refractivity contribution in [3.63, 3.8) is 0 Å². The standard InChI is InChI=1S/C13H18FNO2S/c14-13-7-10(8-15)5-6-11(13)9-18(16,17)12-3-1-2-4-12/h5-7,12H,1-4,8-9,15H2. The molecule has 0 atom stereocenters. The Hall–Kier alpha value is -0.940. The Labute approximate surface area is 107 Å². The van der Waals surface area contributed by atoms with Gasteiger partial charge in [-0.3, -0.25) is 0 Å². The molecule has 1 aliphatic carbocycles. The van der Waals surface area contributed by atoms with E-state index in [1.807, 2.05) is 0 Å². The van der Waals surface area contributed by atoms with Gasteiger partial charge in [-0.15, -0.1) is 0 Å². The molecule has 0 radical (unpaired) electrons. The predicted molar refractivity (Wildman–Crippen MR) is 69.2 cm³/mol. The molecule has 0 aromatic heterocycles. The average Bonchev–Trinajstić information content (AvgIpc) is 2.86. The topological polar surface area (TPSA) is 60.2 Å². The van der Waals surface area contributed by atoms with Gasteiger partial charge in [-0.1, -0.05) is 25.0 Å². The second kappa shape index (κ2) is 5.36. The van der Waals surface area contributed by atoms with Gasteiger partial charge >= 0.3 is 0 Å². The third-order valence-corrected chi connectivity index (χ3v) is 5.72. The third-order valence-electron chi connectivity index (χ3n) is 3.52. The number of halogens is 1. The molecule has 100 valence electrons. The molecule has 1 aromatic carbocycles. The zero-order valence-corrected chi connectivity index (χ0v) is 11.0. The monoisotopic (exact) mass is 271 g/mol. The summed E-state index contributed by atoms with van der Waals surface area (Å²) in [5.74, 6) is -0.673. The van der Waals surface area contributed by atoms with E-state index in [0.717, 1.165) is 12.8 Å². The quantitative estimate of drug-likeness (QED) is 0.912. The van der Waals surface area contributed by atoms with Crippen molar-refractivity contribution in [1.29, 1.82) is 0 Å². The summed E-state index contributed by atoms with van der Waals surface area (Å²) in [6, 6.07) is 4.53. The summed E-state index contributed by atoms with van der Waals surface area (Å²) < 4.78 is 38.0. The maximum Gasteiger partial charge on any atom is 0.157 e. The van der Waals surface area contributed by atoms with E-state index in [-0.39, 0.29) is 23.1 Å². The zero-order valence-electron chi connectivity index (χ0n) is 10.2. The molecule has 3 nitrogen and oxygen atoms in total. The van der Waals surface area contributed by atoms with Gasteiger partial charge in [-0.2, -0.15) is 0 Å². The van der Waals surface area contributed by atoms with E-state index in [1.165, 1.54) is 12.1 Å². The molecule has 2 N–H and O–H groups in total. The summed E-state index contributed by atoms with van der Waals surface area (Å²) in [6.07, 6.45) is 3.34. The molecular weight excluding hydrogens is 253 g/mol. The van der Waals surface area contributed by atoms with Crippen molar-refractivity contribution in [3.05, 3.63) is 35.1 Å². The van der Waals surface area contributed by atoms with Gasteiger partial charge < -0.3 is 5.73 Å². The van der Waals surface area contributed by atoms with Crippen LogP contribution < -0.4 is 5.73 Å². The number of hydrogen-bond donors (Lipinski definition) is 1. The average molecular weight is 271 g/mol. The predicted octanol–water partition coefficient (Wildman–Crippen LogP) is 2.14. The molecule has 1 aromatic rings. The summed E-state index contributed by atoms with van der Waals surface area (Å²) in [5, 5.41) is -0.286. The lowest BCUT2D eigenvalue weighted by Gasteiger charge is -2.12. The summed E-state index contributed by atoms with van der Waals surface area (Å²) in [6.45, 7) is 0.257. The van der Waals surface area contributed by atoms with E-state index in [2.05, 4.69) is 0 Å². The Balaban J connectivity index is 2.18. The molecule has 0 heterocycles. The number of rotatable bonds is 4. The van der Waals surface area contributed by atoms with Crippen LogP contribution >= 0.6 is 0 Å². The van der Waals surface area contributed by atoms with Crippen molar-refractivity contribution >= 4 is 9.84 Å². The highest BCUT2D eigenvalue weighted by atomic mass is 32.2. The van der Waals surface area contributed by atoms with Gasteiger partial charge in [0.2, 0.25) is 0 Å². The van der Waals surface area contributed by atoms with Crippen LogP contribution in [0.25, 0.3) is 0 Å². The van der Waals surface area contributed by atoms with E-state index in [0.29, 0.717) is 18.4 Å². The molecule has 1 aliphatic rings. The fraction of sp³-hybridized carbons (Fsp3) is 0.538. The Morgan fingerprint density at radius 3 is 2.50 bits per heavy atom. The minimum absolute atomic E-state index is 0.200. The minimum Gasteiger partial charge on any atom is -0.326 e. The number of benzene rings is 1. The first kappa shape index (κ1) is 13.5. The van der Waals surface area contributed by atoms with Crippen LogP contribution in [0, 0.1) is 5.82 Å². The van der Waals surface area contributed by atoms with E-state index in [1.54, 1.807) is 6.07 Å². The molecule has 5 heteroatoms. The van der Waals surface area contributed by atoms with E-state index in [9.17, 15) is 12.8 Å². The van der Waals surface area contributed by atoms with Crippen LogP contribution in [0.4, 0.5) is 4.39 Å². The van der Waals surface area contributed by atoms with Crippen LogP contribution in [0.3, 0.4) is 0 Å². The first-order valence-electron chi connectivity index (χ1n) is 6.22. The molecule has 0 saturated heterocycles. The van der Waals surface area contributed by atoms with Crippen LogP contribution in [0.15, 0.2) is 18.2 Å². The summed E-state index contributed by atoms with van der Waals surface area (Å²) >= 11 is 0. The molecule has 0 spiro atoms. The zero-order chi connectivity index (χ0) is 13.2. The lowest BCUT2D eigenvalue weighted by Crippen LogP contribution is -2.20. The van der Waals surface area contributed by atoms with Crippen LogP contribution in [0.5, 0.6) is 0 Å². The molecule has 18 heavy (non-hydrogen) atoms. The molecule has 1 saturated carbocycles. The van der Waals surface area contributed by atoms with Gasteiger partial charge in [-0.05, 0) is 24.5 Å². The second-order valence-corrected chi connectivity index (χ2v) is 7.12. The number of hydrogen-bond acceptors (Lipinski definition) is 3. The Morgan fingerprint density at radius 2 is 1.94 bits per heavy atom. The Kier molecular flexibility index (Phi) is 4.02. The van der Waals surface area contributed by atoms with Crippen molar-refractivity contribution < 1.29 is 12.8 Å². The van der Waals surface area contributed by atoms with Crippen LogP contribution in [0.2, 0.25) is 0 Å². The molecule has 1 fully saturated rings. The lowest BCUT2D eigenvalue weighted by atomic mass is 10.1. The van der Waals surface area contributed by atoms with Crippen molar-refractivity contribution in [2.24, 2.45) is 5.73 Å². The van der Waals surface area contributed by atoms with Crippen LogP contribution in [-0.2, 0) is 22.1 Å². The summed E-state index contributed by atoms with van der Waals surface area (Å²) in [4.78, 5) is 0. The molecule has 0 unspecified atom stereocenters. The lowest BCUT2D eigenvalue weighted by molar-refractivity contribution is 0.572. The Bertz CT molecular complexity index is 522. The van der Waals surface area contributed by atoms with Gasteiger partial charge in [0.15, 0.2) is 9.84 Å². The van der Waals surface area contributed by atoms with E-state index >= 15 is 0 Å². The van der Waals surface area contributed by atoms with Gasteiger partial charge in [0.05, 0.1) is 11.0 Å². The van der Waals surface area contributed by atoms with Gasteiger partial charge in [0.25, 0.3) is 0 Å². The van der Waals surface area contributed by atoms with Crippen LogP contribution in [-0.4, -0.2) is 13.7 Å². The molecule has 0 aliphatic heterocycles. The maximum absolute atomic E-state index is 13.7. The normalized spacial score (nSPS) is 17.2. The van der Waals surface area contributed by atoms with Crippen molar-refractivity contribution in [3.8, 4) is 0 Å². The van der Waals surface area contributed by atoms with E-state index in [4.69, 9.17) is 5.73 Å². The van der Waals surface area contributed by atoms with Gasteiger partial charge in [0.1, 0.15) is 5.82 Å². The van der Waals surface area contributed by atoms with Crippen molar-refractivity contribution in [2.75, 3.05) is 0 Å². The largest absolute Gasteiger partial charge is 0.326 e. The van der Waals surface area contributed by atoms with Crippen molar-refractivity contribution in [2.45, 2.75) is 43.2 Å². The second-order valence-electron chi connectivity index (χ2n) is 4.84. The highest BCUT2D eigenvalue weighted by Gasteiger charge is 2.29. The highest BCUT2D eigenvalue weighted by molar-refractivity contribution is 7.91. The highest BCUT2D eigenvalue weighted by Crippen LogP contribution is 2.27. The van der Waals surface area contributed by atoms with Crippen LogP contribution in [0.1, 0.15) is 36.8 Å². The van der Waals surface area contributed by atoms with E-state index < -0.39 is 15.7 Å². The molecule has 0 amide bonds. The first-order chi connectivity index (χ1) is 8.53. The number of nitrogens with two attached hydrogens (primary N) is 1. The summed E-state index contributed by atoms with van der Waals surface area (Å²) in [5.41, 5.74) is 6.34. The maximum atomic E-state index is 13.7. The SMILES string of the molecule is NCc1ccc(CS(=O)(=O)C2CCCC2)c(F)c1. The van der Waals surface area contributed by atoms with Gasteiger partial charge in [-0.25, -0.2) is 12.8 Å². The van der Waals surface area contributed by atoms with Gasteiger partial charge in [0, 0.05) is 12.1 Å². The third kappa shape index (κ3) is 2.90. The molecular formula is C13H18FNO2S. The smallest absolute Gasteiger partial charge is 0.157 e. The Morgan fingerprint density at radius 1 is 1.28 bits per heavy atom. The van der Waals surface area contributed by atoms with Crippen molar-refractivity contribution in [1.82, 2.24) is 0 Å². The molecule has 0 bridgehead atoms. The summed E-state index contributed by atoms with van der Waals surface area (Å²) in [7, 11) is -3.23. The fourth-order valence-corrected chi connectivity index (χ4v) is 4.37.